The van der Waals surface area contributed by atoms with Gasteiger partial charge < -0.3 is 24.1 Å². The highest BCUT2D eigenvalue weighted by Crippen LogP contribution is 2.28. The molecule has 1 aromatic heterocycles. The summed E-state index contributed by atoms with van der Waals surface area (Å²) in [6, 6.07) is 12.2. The van der Waals surface area contributed by atoms with Crippen molar-refractivity contribution in [2.75, 3.05) is 39.9 Å². The predicted octanol–water partition coefficient (Wildman–Crippen LogP) is 3.65. The van der Waals surface area contributed by atoms with Gasteiger partial charge in [0.25, 0.3) is 0 Å². The van der Waals surface area contributed by atoms with E-state index in [2.05, 4.69) is 29.3 Å². The van der Waals surface area contributed by atoms with E-state index < -0.39 is 0 Å². The third-order valence-electron chi connectivity index (χ3n) is 4.94. The van der Waals surface area contributed by atoms with Crippen molar-refractivity contribution < 1.29 is 13.9 Å². The molecule has 3 rings (SSSR count). The maximum atomic E-state index is 5.63. The van der Waals surface area contributed by atoms with E-state index in [1.165, 1.54) is 5.56 Å². The minimum atomic E-state index is 0.520. The van der Waals surface area contributed by atoms with E-state index in [-0.39, 0.29) is 0 Å². The molecule has 0 bridgehead atoms. The van der Waals surface area contributed by atoms with Crippen molar-refractivity contribution in [3.63, 3.8) is 0 Å². The summed E-state index contributed by atoms with van der Waals surface area (Å²) < 4.78 is 16.2. The van der Waals surface area contributed by atoms with E-state index >= 15 is 0 Å². The van der Waals surface area contributed by atoms with Crippen molar-refractivity contribution in [1.82, 2.24) is 10.2 Å². The van der Waals surface area contributed by atoms with Crippen LogP contribution in [-0.4, -0.2) is 50.8 Å². The zero-order chi connectivity index (χ0) is 19.6. The lowest BCUT2D eigenvalue weighted by Gasteiger charge is -2.22. The fourth-order valence-electron chi connectivity index (χ4n) is 3.45. The molecule has 1 aliphatic heterocycles. The molecule has 2 heterocycles. The van der Waals surface area contributed by atoms with E-state index in [1.54, 1.807) is 13.4 Å². The highest BCUT2D eigenvalue weighted by Gasteiger charge is 2.26. The number of benzene rings is 1. The highest BCUT2D eigenvalue weighted by atomic mass is 16.5. The van der Waals surface area contributed by atoms with Gasteiger partial charge in [0.05, 0.1) is 13.4 Å². The van der Waals surface area contributed by atoms with E-state index in [1.807, 2.05) is 24.3 Å². The Labute approximate surface area is 167 Å². The Hall–Kier alpha value is -2.47. The third kappa shape index (κ3) is 5.76. The van der Waals surface area contributed by atoms with Crippen molar-refractivity contribution in [3.05, 3.63) is 54.0 Å². The van der Waals surface area contributed by atoms with Crippen LogP contribution in [0.1, 0.15) is 37.0 Å². The van der Waals surface area contributed by atoms with E-state index in [9.17, 15) is 0 Å². The van der Waals surface area contributed by atoms with Gasteiger partial charge in [-0.05, 0) is 49.6 Å². The predicted molar refractivity (Wildman–Crippen MR) is 111 cm³/mol. The van der Waals surface area contributed by atoms with Crippen LogP contribution in [0.15, 0.2) is 52.1 Å². The van der Waals surface area contributed by atoms with Crippen molar-refractivity contribution in [3.8, 4) is 5.75 Å². The molecule has 1 N–H and O–H groups in total. The Morgan fingerprint density at radius 2 is 2.14 bits per heavy atom. The van der Waals surface area contributed by atoms with Crippen LogP contribution in [0.3, 0.4) is 0 Å². The van der Waals surface area contributed by atoms with Crippen LogP contribution in [-0.2, 0) is 11.3 Å². The normalized spacial score (nSPS) is 17.1. The van der Waals surface area contributed by atoms with Gasteiger partial charge in [-0.3, -0.25) is 4.99 Å². The van der Waals surface area contributed by atoms with Crippen molar-refractivity contribution >= 4 is 5.96 Å². The van der Waals surface area contributed by atoms with Crippen LogP contribution in [0.5, 0.6) is 5.75 Å². The first-order valence-electron chi connectivity index (χ1n) is 10.1. The molecule has 1 aromatic carbocycles. The molecule has 1 fully saturated rings. The zero-order valence-electron chi connectivity index (χ0n) is 16.9. The fraction of sp³-hybridized carbons (Fsp3) is 0.500. The second-order valence-corrected chi connectivity index (χ2v) is 6.93. The lowest BCUT2D eigenvalue weighted by Crippen LogP contribution is -2.40. The number of guanidine groups is 1. The summed E-state index contributed by atoms with van der Waals surface area (Å²) in [4.78, 5) is 7.16. The number of ether oxygens (including phenoxy) is 2. The molecule has 1 aliphatic rings. The SMILES string of the molecule is CCNC(=NCCCOCc1ccco1)N1CCC(c2ccc(OC)cc2)C1. The molecule has 0 aliphatic carbocycles. The van der Waals surface area contributed by atoms with Gasteiger partial charge in [0.2, 0.25) is 0 Å². The molecule has 152 valence electrons. The quantitative estimate of drug-likeness (QED) is 0.406. The van der Waals surface area contributed by atoms with Crippen LogP contribution >= 0.6 is 0 Å². The average Bonchev–Trinajstić information content (AvgIpc) is 3.42. The van der Waals surface area contributed by atoms with Gasteiger partial charge >= 0.3 is 0 Å². The van der Waals surface area contributed by atoms with Crippen LogP contribution in [0, 0.1) is 0 Å². The molecule has 6 heteroatoms. The maximum absolute atomic E-state index is 5.63. The van der Waals surface area contributed by atoms with Crippen LogP contribution < -0.4 is 10.1 Å². The number of nitrogens with one attached hydrogen (secondary N) is 1. The van der Waals surface area contributed by atoms with Gasteiger partial charge in [-0.15, -0.1) is 0 Å². The molecule has 0 radical (unpaired) electrons. The Bertz CT molecular complexity index is 713. The molecule has 0 spiro atoms. The molecule has 1 saturated heterocycles. The Balaban J connectivity index is 1.45. The largest absolute Gasteiger partial charge is 0.497 e. The number of aliphatic imine (C=N–C) groups is 1. The lowest BCUT2D eigenvalue weighted by molar-refractivity contribution is 0.105. The molecule has 6 nitrogen and oxygen atoms in total. The number of hydrogen-bond donors (Lipinski definition) is 1. The van der Waals surface area contributed by atoms with Gasteiger partial charge in [0, 0.05) is 38.7 Å². The monoisotopic (exact) mass is 385 g/mol. The first kappa shape index (κ1) is 20.3. The number of likely N-dealkylation sites (tertiary alicyclic amines) is 1. The minimum Gasteiger partial charge on any atom is -0.497 e. The minimum absolute atomic E-state index is 0.520. The molecule has 1 atom stereocenters. The number of nitrogens with zero attached hydrogens (tertiary/aromatic N) is 2. The van der Waals surface area contributed by atoms with Gasteiger partial charge in [-0.1, -0.05) is 12.1 Å². The van der Waals surface area contributed by atoms with Gasteiger partial charge in [0.1, 0.15) is 18.1 Å². The molecular weight excluding hydrogens is 354 g/mol. The number of methoxy groups -OCH3 is 1. The summed E-state index contributed by atoms with van der Waals surface area (Å²) in [5, 5.41) is 3.43. The van der Waals surface area contributed by atoms with E-state index in [0.717, 1.165) is 56.5 Å². The average molecular weight is 386 g/mol. The molecule has 0 saturated carbocycles. The van der Waals surface area contributed by atoms with Crippen molar-refractivity contribution in [2.45, 2.75) is 32.3 Å². The summed E-state index contributed by atoms with van der Waals surface area (Å²) in [5.41, 5.74) is 1.37. The topological polar surface area (TPSA) is 59.2 Å². The highest BCUT2D eigenvalue weighted by molar-refractivity contribution is 5.80. The standard InChI is InChI=1S/C22H31N3O3/c1-3-23-22(24-12-5-14-27-17-21-6-4-15-28-21)25-13-11-19(16-25)18-7-9-20(26-2)10-8-18/h4,6-10,15,19H,3,5,11-14,16-17H2,1-2H3,(H,23,24). The summed E-state index contributed by atoms with van der Waals surface area (Å²) in [6.45, 7) is 6.95. The molecule has 1 unspecified atom stereocenters. The Morgan fingerprint density at radius 3 is 2.86 bits per heavy atom. The maximum Gasteiger partial charge on any atom is 0.193 e. The Kier molecular flexibility index (Phi) is 7.79. The summed E-state index contributed by atoms with van der Waals surface area (Å²) in [5.74, 6) is 3.30. The first-order chi connectivity index (χ1) is 13.8. The van der Waals surface area contributed by atoms with Gasteiger partial charge in [0.15, 0.2) is 5.96 Å². The third-order valence-corrected chi connectivity index (χ3v) is 4.94. The summed E-state index contributed by atoms with van der Waals surface area (Å²) >= 11 is 0. The lowest BCUT2D eigenvalue weighted by atomic mass is 9.98. The van der Waals surface area contributed by atoms with Crippen LogP contribution in [0.25, 0.3) is 0 Å². The number of hydrogen-bond acceptors (Lipinski definition) is 4. The second-order valence-electron chi connectivity index (χ2n) is 6.93. The molecule has 2 aromatic rings. The van der Waals surface area contributed by atoms with Crippen molar-refractivity contribution in [2.24, 2.45) is 4.99 Å². The number of furan rings is 1. The summed E-state index contributed by atoms with van der Waals surface area (Å²) in [6.07, 6.45) is 3.70. The first-order valence-corrected chi connectivity index (χ1v) is 10.1. The fourth-order valence-corrected chi connectivity index (χ4v) is 3.45. The number of rotatable bonds is 9. The van der Waals surface area contributed by atoms with E-state index in [0.29, 0.717) is 19.1 Å². The smallest absolute Gasteiger partial charge is 0.193 e. The second kappa shape index (κ2) is 10.8. The van der Waals surface area contributed by atoms with Crippen LogP contribution in [0.4, 0.5) is 0 Å². The molecule has 0 amide bonds. The summed E-state index contributed by atoms with van der Waals surface area (Å²) in [7, 11) is 1.70. The van der Waals surface area contributed by atoms with Crippen LogP contribution in [0.2, 0.25) is 0 Å². The van der Waals surface area contributed by atoms with Gasteiger partial charge in [-0.25, -0.2) is 0 Å². The molecule has 28 heavy (non-hydrogen) atoms. The van der Waals surface area contributed by atoms with Gasteiger partial charge in [-0.2, -0.15) is 0 Å². The van der Waals surface area contributed by atoms with E-state index in [4.69, 9.17) is 18.9 Å². The van der Waals surface area contributed by atoms with Crippen molar-refractivity contribution in [1.29, 1.82) is 0 Å². The zero-order valence-corrected chi connectivity index (χ0v) is 16.9. The molecular formula is C22H31N3O3. The Morgan fingerprint density at radius 1 is 1.29 bits per heavy atom.